The topological polar surface area (TPSA) is 85.1 Å². The number of nitro groups is 1. The summed E-state index contributed by atoms with van der Waals surface area (Å²) >= 11 is 1.27. The molecular formula is C23H17N3O3S. The van der Waals surface area contributed by atoms with Crippen LogP contribution in [0.1, 0.15) is 21.5 Å². The van der Waals surface area contributed by atoms with Crippen LogP contribution in [0.5, 0.6) is 0 Å². The Labute approximate surface area is 177 Å². The average Bonchev–Trinajstić information content (AvgIpc) is 3.23. The van der Waals surface area contributed by atoms with Gasteiger partial charge in [0.25, 0.3) is 11.6 Å². The van der Waals surface area contributed by atoms with Crippen molar-refractivity contribution in [3.63, 3.8) is 0 Å². The number of nitrogens with one attached hydrogen (secondary N) is 1. The highest BCUT2D eigenvalue weighted by molar-refractivity contribution is 7.14. The van der Waals surface area contributed by atoms with Gasteiger partial charge in [-0.3, -0.25) is 20.2 Å². The van der Waals surface area contributed by atoms with Gasteiger partial charge in [0.15, 0.2) is 5.13 Å². The summed E-state index contributed by atoms with van der Waals surface area (Å²) in [6.07, 6.45) is 0.807. The first-order chi connectivity index (χ1) is 14.6. The molecule has 0 unspecified atom stereocenters. The molecule has 0 aliphatic heterocycles. The van der Waals surface area contributed by atoms with E-state index in [-0.39, 0.29) is 11.6 Å². The van der Waals surface area contributed by atoms with Crippen LogP contribution in [0, 0.1) is 10.1 Å². The maximum absolute atomic E-state index is 12.5. The summed E-state index contributed by atoms with van der Waals surface area (Å²) in [7, 11) is 0. The Hall–Kier alpha value is -3.84. The van der Waals surface area contributed by atoms with Crippen molar-refractivity contribution in [1.82, 2.24) is 4.98 Å². The van der Waals surface area contributed by atoms with Crippen LogP contribution in [-0.2, 0) is 6.42 Å². The molecule has 0 spiro atoms. The average molecular weight is 415 g/mol. The second-order valence-corrected chi connectivity index (χ2v) is 7.52. The maximum atomic E-state index is 12.5. The molecule has 3 aromatic carbocycles. The van der Waals surface area contributed by atoms with Crippen molar-refractivity contribution < 1.29 is 9.72 Å². The molecule has 0 bridgehead atoms. The van der Waals surface area contributed by atoms with Crippen molar-refractivity contribution in [3.05, 3.63) is 111 Å². The molecular weight excluding hydrogens is 398 g/mol. The molecule has 0 saturated carbocycles. The lowest BCUT2D eigenvalue weighted by Crippen LogP contribution is -2.11. The fourth-order valence-corrected chi connectivity index (χ4v) is 3.73. The van der Waals surface area contributed by atoms with E-state index in [4.69, 9.17) is 0 Å². The first-order valence-electron chi connectivity index (χ1n) is 9.23. The van der Waals surface area contributed by atoms with Crippen LogP contribution < -0.4 is 5.32 Å². The molecule has 0 fully saturated rings. The minimum Gasteiger partial charge on any atom is -0.298 e. The number of non-ortho nitro benzene ring substituents is 1. The van der Waals surface area contributed by atoms with Gasteiger partial charge in [-0.15, -0.1) is 11.3 Å². The molecule has 30 heavy (non-hydrogen) atoms. The van der Waals surface area contributed by atoms with Gasteiger partial charge < -0.3 is 0 Å². The first-order valence-corrected chi connectivity index (χ1v) is 10.1. The zero-order valence-electron chi connectivity index (χ0n) is 15.8. The number of benzene rings is 3. The van der Waals surface area contributed by atoms with Gasteiger partial charge in [0.1, 0.15) is 0 Å². The Morgan fingerprint density at radius 3 is 2.43 bits per heavy atom. The molecule has 1 heterocycles. The van der Waals surface area contributed by atoms with Gasteiger partial charge in [0, 0.05) is 28.6 Å². The number of carbonyl (C=O) groups is 1. The molecule has 0 aliphatic rings. The third-order valence-corrected chi connectivity index (χ3v) is 5.30. The molecule has 1 aromatic heterocycles. The summed E-state index contributed by atoms with van der Waals surface area (Å²) in [6, 6.07) is 23.9. The summed E-state index contributed by atoms with van der Waals surface area (Å²) in [4.78, 5) is 27.4. The van der Waals surface area contributed by atoms with E-state index in [1.54, 1.807) is 29.6 Å². The first kappa shape index (κ1) is 19.5. The van der Waals surface area contributed by atoms with Gasteiger partial charge in [-0.1, -0.05) is 54.6 Å². The lowest BCUT2D eigenvalue weighted by Gasteiger charge is -2.05. The van der Waals surface area contributed by atoms with E-state index in [1.165, 1.54) is 29.0 Å². The summed E-state index contributed by atoms with van der Waals surface area (Å²) < 4.78 is 0. The molecule has 0 atom stereocenters. The van der Waals surface area contributed by atoms with Crippen LogP contribution in [0.4, 0.5) is 10.8 Å². The summed E-state index contributed by atoms with van der Waals surface area (Å²) in [5, 5.41) is 15.9. The van der Waals surface area contributed by atoms with Crippen molar-refractivity contribution in [2.24, 2.45) is 0 Å². The van der Waals surface area contributed by atoms with Crippen LogP contribution >= 0.6 is 11.3 Å². The van der Waals surface area contributed by atoms with E-state index in [0.29, 0.717) is 22.0 Å². The molecule has 4 aromatic rings. The van der Waals surface area contributed by atoms with Gasteiger partial charge in [-0.2, -0.15) is 0 Å². The highest BCUT2D eigenvalue weighted by atomic mass is 32.1. The SMILES string of the molecule is O=C(Nc1nc(-c2cccc([N+](=O)[O-])c2)cs1)c1ccc(Cc2ccccc2)cc1. The number of carbonyl (C=O) groups excluding carboxylic acids is 1. The maximum Gasteiger partial charge on any atom is 0.270 e. The molecule has 1 amide bonds. The number of rotatable bonds is 6. The number of thiazole rings is 1. The number of nitro benzene ring substituents is 1. The summed E-state index contributed by atoms with van der Waals surface area (Å²) in [5.74, 6) is -0.249. The highest BCUT2D eigenvalue weighted by Crippen LogP contribution is 2.27. The molecule has 1 N–H and O–H groups in total. The Morgan fingerprint density at radius 1 is 0.967 bits per heavy atom. The van der Waals surface area contributed by atoms with Gasteiger partial charge in [-0.25, -0.2) is 4.98 Å². The normalized spacial score (nSPS) is 10.5. The fourth-order valence-electron chi connectivity index (χ4n) is 3.02. The zero-order valence-corrected chi connectivity index (χ0v) is 16.6. The smallest absolute Gasteiger partial charge is 0.270 e. The molecule has 0 radical (unpaired) electrons. The quantitative estimate of drug-likeness (QED) is 0.330. The van der Waals surface area contributed by atoms with Gasteiger partial charge in [0.05, 0.1) is 10.6 Å². The van der Waals surface area contributed by atoms with E-state index in [1.807, 2.05) is 30.3 Å². The molecule has 148 valence electrons. The Balaban J connectivity index is 1.43. The number of aromatic nitrogens is 1. The number of nitrogens with zero attached hydrogens (tertiary/aromatic N) is 2. The highest BCUT2D eigenvalue weighted by Gasteiger charge is 2.12. The predicted molar refractivity (Wildman–Crippen MR) is 118 cm³/mol. The van der Waals surface area contributed by atoms with E-state index < -0.39 is 4.92 Å². The van der Waals surface area contributed by atoms with Gasteiger partial charge in [0.2, 0.25) is 0 Å². The zero-order chi connectivity index (χ0) is 20.9. The number of amides is 1. The Kier molecular flexibility index (Phi) is 5.63. The molecule has 4 rings (SSSR count). The van der Waals surface area contributed by atoms with E-state index in [0.717, 1.165) is 12.0 Å². The van der Waals surface area contributed by atoms with Crippen LogP contribution in [0.25, 0.3) is 11.3 Å². The second-order valence-electron chi connectivity index (χ2n) is 6.66. The van der Waals surface area contributed by atoms with Crippen molar-refractivity contribution in [1.29, 1.82) is 0 Å². The van der Waals surface area contributed by atoms with Crippen molar-refractivity contribution in [2.75, 3.05) is 5.32 Å². The van der Waals surface area contributed by atoms with Crippen LogP contribution in [-0.4, -0.2) is 15.8 Å². The number of hydrogen-bond donors (Lipinski definition) is 1. The largest absolute Gasteiger partial charge is 0.298 e. The van der Waals surface area contributed by atoms with Crippen molar-refractivity contribution >= 4 is 28.1 Å². The molecule has 0 saturated heterocycles. The Morgan fingerprint density at radius 2 is 1.70 bits per heavy atom. The monoisotopic (exact) mass is 415 g/mol. The van der Waals surface area contributed by atoms with Crippen LogP contribution in [0.15, 0.2) is 84.2 Å². The minimum atomic E-state index is -0.444. The van der Waals surface area contributed by atoms with Crippen LogP contribution in [0.2, 0.25) is 0 Å². The van der Waals surface area contributed by atoms with E-state index in [2.05, 4.69) is 22.4 Å². The third-order valence-electron chi connectivity index (χ3n) is 4.54. The summed E-state index contributed by atoms with van der Waals surface area (Å²) in [5.41, 5.74) is 4.09. The lowest BCUT2D eigenvalue weighted by molar-refractivity contribution is -0.384. The number of hydrogen-bond acceptors (Lipinski definition) is 5. The second kappa shape index (κ2) is 8.67. The predicted octanol–water partition coefficient (Wildman–Crippen LogP) is 5.56. The van der Waals surface area contributed by atoms with Gasteiger partial charge in [-0.05, 0) is 29.7 Å². The van der Waals surface area contributed by atoms with E-state index >= 15 is 0 Å². The molecule has 7 heteroatoms. The standard InChI is InChI=1S/C23H17N3O3S/c27-22(18-11-9-17(10-12-18)13-16-5-2-1-3-6-16)25-23-24-21(15-30-23)19-7-4-8-20(14-19)26(28)29/h1-12,14-15H,13H2,(H,24,25,27). The van der Waals surface area contributed by atoms with Crippen molar-refractivity contribution in [3.8, 4) is 11.3 Å². The van der Waals surface area contributed by atoms with Gasteiger partial charge >= 0.3 is 0 Å². The lowest BCUT2D eigenvalue weighted by atomic mass is 10.0. The molecule has 6 nitrogen and oxygen atoms in total. The Bertz CT molecular complexity index is 1190. The van der Waals surface area contributed by atoms with Crippen molar-refractivity contribution in [2.45, 2.75) is 6.42 Å². The number of anilines is 1. The third kappa shape index (κ3) is 4.59. The fraction of sp³-hybridized carbons (Fsp3) is 0.0435. The van der Waals surface area contributed by atoms with E-state index in [9.17, 15) is 14.9 Å². The molecule has 0 aliphatic carbocycles. The minimum absolute atomic E-state index is 0.00155. The van der Waals surface area contributed by atoms with Crippen LogP contribution in [0.3, 0.4) is 0 Å². The summed E-state index contributed by atoms with van der Waals surface area (Å²) in [6.45, 7) is 0.